The first-order valence-electron chi connectivity index (χ1n) is 8.51. The third kappa shape index (κ3) is 4.08. The van der Waals surface area contributed by atoms with Crippen molar-refractivity contribution in [1.29, 1.82) is 0 Å². The number of carbonyl (C=O) groups is 1. The van der Waals surface area contributed by atoms with Crippen molar-refractivity contribution in [2.24, 2.45) is 0 Å². The Hall–Kier alpha value is -3.15. The number of ether oxygens (including phenoxy) is 1. The molecule has 0 saturated heterocycles. The quantitative estimate of drug-likeness (QED) is 0.728. The fourth-order valence-corrected chi connectivity index (χ4v) is 2.52. The van der Waals surface area contributed by atoms with Gasteiger partial charge in [0, 0.05) is 11.1 Å². The second kappa shape index (κ2) is 7.82. The number of nitrogens with one attached hydrogen (secondary N) is 1. The molecule has 2 aromatic carbocycles. The van der Waals surface area contributed by atoms with Gasteiger partial charge in [-0.1, -0.05) is 28.9 Å². The molecule has 0 aliphatic heterocycles. The molecule has 3 rings (SSSR count). The van der Waals surface area contributed by atoms with Gasteiger partial charge >= 0.3 is 0 Å². The van der Waals surface area contributed by atoms with Crippen molar-refractivity contribution >= 4 is 5.91 Å². The van der Waals surface area contributed by atoms with Crippen molar-refractivity contribution < 1.29 is 14.1 Å². The van der Waals surface area contributed by atoms with E-state index in [2.05, 4.69) is 15.5 Å². The Morgan fingerprint density at radius 1 is 1.23 bits per heavy atom. The minimum absolute atomic E-state index is 0.212. The van der Waals surface area contributed by atoms with E-state index in [4.69, 9.17) is 9.26 Å². The van der Waals surface area contributed by atoms with E-state index in [0.29, 0.717) is 23.9 Å². The first-order chi connectivity index (χ1) is 12.6. The van der Waals surface area contributed by atoms with Gasteiger partial charge in [-0.2, -0.15) is 4.98 Å². The molecule has 1 amide bonds. The number of aryl methyl sites for hydroxylation is 1. The summed E-state index contributed by atoms with van der Waals surface area (Å²) in [4.78, 5) is 16.8. The average Bonchev–Trinajstić information content (AvgIpc) is 3.13. The van der Waals surface area contributed by atoms with E-state index in [1.165, 1.54) is 0 Å². The van der Waals surface area contributed by atoms with E-state index in [0.717, 1.165) is 16.9 Å². The molecule has 0 unspecified atom stereocenters. The second-order valence-corrected chi connectivity index (χ2v) is 5.98. The van der Waals surface area contributed by atoms with Crippen LogP contribution < -0.4 is 10.1 Å². The lowest BCUT2D eigenvalue weighted by molar-refractivity contribution is 0.0932. The Kier molecular flexibility index (Phi) is 5.31. The topological polar surface area (TPSA) is 77.2 Å². The highest BCUT2D eigenvalue weighted by Gasteiger charge is 2.18. The van der Waals surface area contributed by atoms with Crippen LogP contribution in [0.25, 0.3) is 11.4 Å². The molecular weight excluding hydrogens is 330 g/mol. The largest absolute Gasteiger partial charge is 0.494 e. The fraction of sp³-hybridized carbons (Fsp3) is 0.250. The lowest BCUT2D eigenvalue weighted by Gasteiger charge is -2.10. The van der Waals surface area contributed by atoms with Crippen LogP contribution in [-0.4, -0.2) is 22.7 Å². The molecule has 1 heterocycles. The monoisotopic (exact) mass is 351 g/mol. The standard InChI is InChI=1S/C20H21N3O3/c1-4-25-17-10-8-15(9-11-17)19(24)21-14(3)20-22-18(23-26-20)16-7-5-6-13(2)12-16/h5-12,14H,4H2,1-3H3,(H,21,24)/t14-/m0/s1. The minimum Gasteiger partial charge on any atom is -0.494 e. The Morgan fingerprint density at radius 2 is 2.00 bits per heavy atom. The first kappa shape index (κ1) is 17.7. The van der Waals surface area contributed by atoms with E-state index in [1.54, 1.807) is 31.2 Å². The molecule has 1 N–H and O–H groups in total. The van der Waals surface area contributed by atoms with E-state index < -0.39 is 6.04 Å². The van der Waals surface area contributed by atoms with Gasteiger partial charge in [0.1, 0.15) is 11.8 Å². The molecular formula is C20H21N3O3. The Bertz CT molecular complexity index is 887. The molecule has 0 bridgehead atoms. The molecule has 3 aromatic rings. The van der Waals surface area contributed by atoms with Gasteiger partial charge in [-0.15, -0.1) is 0 Å². The molecule has 0 radical (unpaired) electrons. The third-order valence-electron chi connectivity index (χ3n) is 3.86. The molecule has 0 aliphatic carbocycles. The van der Waals surface area contributed by atoms with Gasteiger partial charge in [0.25, 0.3) is 5.91 Å². The molecule has 0 saturated carbocycles. The highest BCUT2D eigenvalue weighted by atomic mass is 16.5. The van der Waals surface area contributed by atoms with Crippen LogP contribution in [0.15, 0.2) is 53.1 Å². The van der Waals surface area contributed by atoms with Crippen molar-refractivity contribution in [2.45, 2.75) is 26.8 Å². The summed E-state index contributed by atoms with van der Waals surface area (Å²) in [6.07, 6.45) is 0. The molecule has 6 heteroatoms. The zero-order valence-corrected chi connectivity index (χ0v) is 15.0. The van der Waals surface area contributed by atoms with Crippen LogP contribution in [0, 0.1) is 6.92 Å². The van der Waals surface area contributed by atoms with Crippen LogP contribution in [0.4, 0.5) is 0 Å². The summed E-state index contributed by atoms with van der Waals surface area (Å²) in [5, 5.41) is 6.87. The summed E-state index contributed by atoms with van der Waals surface area (Å²) in [5.74, 6) is 1.39. The number of rotatable bonds is 6. The summed E-state index contributed by atoms with van der Waals surface area (Å²) in [6.45, 7) is 6.31. The SMILES string of the molecule is CCOc1ccc(C(=O)N[C@@H](C)c2nc(-c3cccc(C)c3)no2)cc1. The molecule has 6 nitrogen and oxygen atoms in total. The fourth-order valence-electron chi connectivity index (χ4n) is 2.52. The predicted octanol–water partition coefficient (Wildman–Crippen LogP) is 3.93. The molecule has 1 aromatic heterocycles. The number of hydrogen-bond acceptors (Lipinski definition) is 5. The normalized spacial score (nSPS) is 11.8. The summed E-state index contributed by atoms with van der Waals surface area (Å²) >= 11 is 0. The van der Waals surface area contributed by atoms with Crippen LogP contribution in [0.5, 0.6) is 5.75 Å². The minimum atomic E-state index is -0.403. The Balaban J connectivity index is 1.68. The number of nitrogens with zero attached hydrogens (tertiary/aromatic N) is 2. The maximum atomic E-state index is 12.4. The number of benzene rings is 2. The summed E-state index contributed by atoms with van der Waals surface area (Å²) in [7, 11) is 0. The van der Waals surface area contributed by atoms with E-state index in [-0.39, 0.29) is 5.91 Å². The molecule has 0 fully saturated rings. The molecule has 1 atom stereocenters. The van der Waals surface area contributed by atoms with E-state index >= 15 is 0 Å². The van der Waals surface area contributed by atoms with Crippen LogP contribution >= 0.6 is 0 Å². The van der Waals surface area contributed by atoms with Gasteiger partial charge in [-0.05, 0) is 51.1 Å². The zero-order valence-electron chi connectivity index (χ0n) is 15.0. The predicted molar refractivity (Wildman–Crippen MR) is 98.0 cm³/mol. The first-order valence-corrected chi connectivity index (χ1v) is 8.51. The van der Waals surface area contributed by atoms with Gasteiger partial charge in [0.15, 0.2) is 0 Å². The molecule has 134 valence electrons. The second-order valence-electron chi connectivity index (χ2n) is 5.98. The molecule has 0 aliphatic rings. The van der Waals surface area contributed by atoms with Crippen molar-refractivity contribution in [3.8, 4) is 17.1 Å². The number of carbonyl (C=O) groups excluding carboxylic acids is 1. The lowest BCUT2D eigenvalue weighted by Crippen LogP contribution is -2.26. The highest BCUT2D eigenvalue weighted by Crippen LogP contribution is 2.20. The van der Waals surface area contributed by atoms with Crippen LogP contribution in [0.3, 0.4) is 0 Å². The van der Waals surface area contributed by atoms with Crippen molar-refractivity contribution in [3.63, 3.8) is 0 Å². The highest BCUT2D eigenvalue weighted by molar-refractivity contribution is 5.94. The van der Waals surface area contributed by atoms with Crippen molar-refractivity contribution in [2.75, 3.05) is 6.61 Å². The number of hydrogen-bond donors (Lipinski definition) is 1. The van der Waals surface area contributed by atoms with E-state index in [1.807, 2.05) is 38.1 Å². The van der Waals surface area contributed by atoms with Gasteiger partial charge in [-0.3, -0.25) is 4.79 Å². The number of amides is 1. The Labute approximate surface area is 152 Å². The third-order valence-corrected chi connectivity index (χ3v) is 3.86. The van der Waals surface area contributed by atoms with Gasteiger partial charge in [0.2, 0.25) is 11.7 Å². The van der Waals surface area contributed by atoms with Gasteiger partial charge < -0.3 is 14.6 Å². The maximum Gasteiger partial charge on any atom is 0.251 e. The van der Waals surface area contributed by atoms with Gasteiger partial charge in [-0.25, -0.2) is 0 Å². The smallest absolute Gasteiger partial charge is 0.251 e. The van der Waals surface area contributed by atoms with Gasteiger partial charge in [0.05, 0.1) is 6.61 Å². The molecule has 0 spiro atoms. The van der Waals surface area contributed by atoms with Crippen LogP contribution in [0.2, 0.25) is 0 Å². The maximum absolute atomic E-state index is 12.4. The zero-order chi connectivity index (χ0) is 18.5. The lowest BCUT2D eigenvalue weighted by atomic mass is 10.1. The van der Waals surface area contributed by atoms with Crippen LogP contribution in [0.1, 0.15) is 41.7 Å². The van der Waals surface area contributed by atoms with E-state index in [9.17, 15) is 4.79 Å². The Morgan fingerprint density at radius 3 is 2.69 bits per heavy atom. The summed E-state index contributed by atoms with van der Waals surface area (Å²) in [5.41, 5.74) is 2.54. The van der Waals surface area contributed by atoms with Crippen LogP contribution in [-0.2, 0) is 0 Å². The molecule has 26 heavy (non-hydrogen) atoms. The number of aromatic nitrogens is 2. The average molecular weight is 351 g/mol. The van der Waals surface area contributed by atoms with Crippen molar-refractivity contribution in [1.82, 2.24) is 15.5 Å². The van der Waals surface area contributed by atoms with Crippen molar-refractivity contribution in [3.05, 3.63) is 65.5 Å². The summed E-state index contributed by atoms with van der Waals surface area (Å²) < 4.78 is 10.7. The summed E-state index contributed by atoms with van der Waals surface area (Å²) in [6, 6.07) is 14.4.